The maximum atomic E-state index is 7.33. The van der Waals surface area contributed by atoms with Gasteiger partial charge in [0.1, 0.15) is 0 Å². The molecule has 0 aromatic heterocycles. The Bertz CT molecular complexity index is 33.1. The first-order valence-corrected chi connectivity index (χ1v) is 2.68. The van der Waals surface area contributed by atoms with E-state index in [0.29, 0.717) is 0 Å². The summed E-state index contributed by atoms with van der Waals surface area (Å²) in [6.45, 7) is 0. The largest absolute Gasteiger partial charge is 2.00 e. The van der Waals surface area contributed by atoms with Gasteiger partial charge in [-0.3, -0.25) is 0 Å². The molecule has 0 bridgehead atoms. The number of hydrogen-bond acceptors (Lipinski definition) is 4. The molecule has 0 aromatic rings. The zero-order valence-corrected chi connectivity index (χ0v) is 6.70. The molecule has 0 saturated carbocycles. The molecule has 0 radical (unpaired) electrons. The summed E-state index contributed by atoms with van der Waals surface area (Å²) in [6, 6.07) is 0. The molecular formula is H12CaO5Si2. The first-order chi connectivity index (χ1) is 2.00. The second-order valence-electron chi connectivity index (χ2n) is 0.600. The summed E-state index contributed by atoms with van der Waals surface area (Å²) in [5.41, 5.74) is 0. The van der Waals surface area contributed by atoms with Crippen LogP contribution in [0.15, 0.2) is 0 Å². The Kier molecular flexibility index (Phi) is 24.1. The first kappa shape index (κ1) is 22.7. The third-order valence-electron chi connectivity index (χ3n) is 0. The third-order valence-corrected chi connectivity index (χ3v) is 0. The van der Waals surface area contributed by atoms with Gasteiger partial charge in [-0.1, -0.05) is 0 Å². The quantitative estimate of drug-likeness (QED) is 0.285. The van der Waals surface area contributed by atoms with Crippen LogP contribution >= 0.6 is 0 Å². The van der Waals surface area contributed by atoms with Crippen LogP contribution in [0.1, 0.15) is 2.85 Å². The fraction of sp³-hybridized carbons (Fsp3) is 0. The van der Waals surface area contributed by atoms with Gasteiger partial charge in [-0.25, -0.2) is 0 Å². The van der Waals surface area contributed by atoms with E-state index in [2.05, 4.69) is 0 Å². The van der Waals surface area contributed by atoms with Crippen molar-refractivity contribution in [2.45, 2.75) is 0 Å². The molecule has 0 aliphatic heterocycles. The van der Waals surface area contributed by atoms with Crippen LogP contribution in [-0.2, 0) is 0 Å². The predicted molar refractivity (Wildman–Crippen MR) is 37.6 cm³/mol. The van der Waals surface area contributed by atoms with Crippen LogP contribution in [0.2, 0.25) is 0 Å². The van der Waals surface area contributed by atoms with Crippen LogP contribution < -0.4 is 0 Å². The minimum absolute atomic E-state index is 0. The van der Waals surface area contributed by atoms with Gasteiger partial charge in [0, 0.05) is 0 Å². The van der Waals surface area contributed by atoms with E-state index in [9.17, 15) is 0 Å². The molecule has 0 aliphatic carbocycles. The molecule has 0 rings (SSSR count). The van der Waals surface area contributed by atoms with Gasteiger partial charge in [0.25, 0.3) is 0 Å². The minimum Gasteiger partial charge on any atom is -1.00 e. The molecule has 0 aromatic carbocycles. The van der Waals surface area contributed by atoms with Crippen LogP contribution in [0.3, 0.4) is 0 Å². The van der Waals surface area contributed by atoms with E-state index in [1.165, 1.54) is 0 Å². The SMILES string of the molecule is O.O[Si](O)(O)O.[Ca+2].[H-].[H-].[SiH4]. The Morgan fingerprint density at radius 1 is 1.00 bits per heavy atom. The van der Waals surface area contributed by atoms with E-state index in [1.807, 2.05) is 0 Å². The summed E-state index contributed by atoms with van der Waals surface area (Å²) in [5, 5.41) is 0. The molecule has 8 heteroatoms. The maximum Gasteiger partial charge on any atom is 2.00 e. The van der Waals surface area contributed by atoms with Gasteiger partial charge in [-0.2, -0.15) is 0 Å². The van der Waals surface area contributed by atoms with E-state index in [1.54, 1.807) is 0 Å². The normalized spacial score (nSPS) is 7.50. The molecule has 8 heavy (non-hydrogen) atoms. The van der Waals surface area contributed by atoms with Gasteiger partial charge in [-0.15, -0.1) is 0 Å². The van der Waals surface area contributed by atoms with Crippen molar-refractivity contribution in [2.24, 2.45) is 0 Å². The van der Waals surface area contributed by atoms with Crippen LogP contribution in [0, 0.1) is 0 Å². The second kappa shape index (κ2) is 8.49. The first-order valence-electron chi connectivity index (χ1n) is 0.894. The van der Waals surface area contributed by atoms with E-state index in [0.717, 1.165) is 0 Å². The van der Waals surface area contributed by atoms with Crippen molar-refractivity contribution in [3.8, 4) is 0 Å². The molecule has 52 valence electrons. The van der Waals surface area contributed by atoms with Gasteiger partial charge in [0.05, 0.1) is 0 Å². The molecule has 0 unspecified atom stereocenters. The average Bonchev–Trinajstić information content (AvgIpc) is 0.722. The van der Waals surface area contributed by atoms with Crippen molar-refractivity contribution in [1.29, 1.82) is 0 Å². The Hall–Kier alpha value is 1.49. The molecule has 0 heterocycles. The van der Waals surface area contributed by atoms with Crippen LogP contribution in [0.4, 0.5) is 0 Å². The Morgan fingerprint density at radius 2 is 1.00 bits per heavy atom. The predicted octanol–water partition coefficient (Wildman–Crippen LogP) is -5.04. The molecular weight excluding hydrogens is 176 g/mol. The third kappa shape index (κ3) is 142. The maximum absolute atomic E-state index is 7.33. The molecule has 6 N–H and O–H groups in total. The summed E-state index contributed by atoms with van der Waals surface area (Å²) in [4.78, 5) is 29.3. The fourth-order valence-corrected chi connectivity index (χ4v) is 0. The molecule has 0 aliphatic rings. The molecule has 0 amide bonds. The second-order valence-corrected chi connectivity index (χ2v) is 1.80. The summed E-state index contributed by atoms with van der Waals surface area (Å²) in [7, 11) is -4.61. The Morgan fingerprint density at radius 3 is 1.00 bits per heavy atom. The van der Waals surface area contributed by atoms with E-state index in [-0.39, 0.29) is 57.0 Å². The average molecular weight is 188 g/mol. The Labute approximate surface area is 84.8 Å². The zero-order valence-electron chi connectivity index (χ0n) is 5.50. The van der Waals surface area contributed by atoms with Gasteiger partial charge in [0.2, 0.25) is 0 Å². The van der Waals surface area contributed by atoms with Crippen LogP contribution in [0.5, 0.6) is 0 Å². The number of hydrogen-bond donors (Lipinski definition) is 4. The molecule has 0 saturated heterocycles. The molecule has 5 nitrogen and oxygen atoms in total. The topological polar surface area (TPSA) is 112 Å². The van der Waals surface area contributed by atoms with Crippen molar-refractivity contribution >= 4 is 57.8 Å². The van der Waals surface area contributed by atoms with E-state index < -0.39 is 9.05 Å². The van der Waals surface area contributed by atoms with Gasteiger partial charge in [-0.05, 0) is 11.0 Å². The van der Waals surface area contributed by atoms with Crippen molar-refractivity contribution < 1.29 is 27.5 Å². The van der Waals surface area contributed by atoms with Crippen LogP contribution in [-0.4, -0.2) is 82.4 Å². The zero-order chi connectivity index (χ0) is 4.50. The van der Waals surface area contributed by atoms with Crippen molar-refractivity contribution in [1.82, 2.24) is 0 Å². The van der Waals surface area contributed by atoms with E-state index in [4.69, 9.17) is 19.2 Å². The summed E-state index contributed by atoms with van der Waals surface area (Å²) in [6.07, 6.45) is 0. The monoisotopic (exact) mass is 188 g/mol. The summed E-state index contributed by atoms with van der Waals surface area (Å²) in [5.74, 6) is 0. The fourth-order valence-electron chi connectivity index (χ4n) is 0. The van der Waals surface area contributed by atoms with Crippen molar-refractivity contribution in [2.75, 3.05) is 0 Å². The van der Waals surface area contributed by atoms with E-state index >= 15 is 0 Å². The standard InChI is InChI=1S/Ca.H4O4Si.H2O.H4Si.2H/c;1-5(2,3)4;;;;/h;1-4H;1H2;1H4;;/q+2;;;;2*-1. The van der Waals surface area contributed by atoms with Crippen molar-refractivity contribution in [3.63, 3.8) is 0 Å². The summed E-state index contributed by atoms with van der Waals surface area (Å²) >= 11 is 0. The van der Waals surface area contributed by atoms with Crippen LogP contribution in [0.25, 0.3) is 0 Å². The molecule has 0 atom stereocenters. The smallest absolute Gasteiger partial charge is 1.00 e. The van der Waals surface area contributed by atoms with Crippen molar-refractivity contribution in [3.05, 3.63) is 0 Å². The molecule has 0 spiro atoms. The molecule has 0 fully saturated rings. The van der Waals surface area contributed by atoms with Gasteiger partial charge >= 0.3 is 46.8 Å². The van der Waals surface area contributed by atoms with Gasteiger partial charge in [0.15, 0.2) is 0 Å². The summed E-state index contributed by atoms with van der Waals surface area (Å²) < 4.78 is 0. The Balaban J connectivity index is -0.00000000800. The number of rotatable bonds is 0. The minimum atomic E-state index is -4.61. The van der Waals surface area contributed by atoms with Gasteiger partial charge < -0.3 is 27.5 Å².